The van der Waals surface area contributed by atoms with Crippen LogP contribution < -0.4 is 10.3 Å². The van der Waals surface area contributed by atoms with Gasteiger partial charge in [0.05, 0.1) is 23.4 Å². The van der Waals surface area contributed by atoms with E-state index < -0.39 is 10.5 Å². The number of benzene rings is 1. The molecule has 0 saturated carbocycles. The fraction of sp³-hybridized carbons (Fsp3) is 0.167. The molecule has 0 unspecified atom stereocenters. The van der Waals surface area contributed by atoms with Gasteiger partial charge in [0.15, 0.2) is 0 Å². The van der Waals surface area contributed by atoms with Gasteiger partial charge in [-0.1, -0.05) is 11.6 Å². The smallest absolute Gasteiger partial charge is 0.315 e. The number of nitro groups is 1. The van der Waals surface area contributed by atoms with Gasteiger partial charge in [-0.15, -0.1) is 0 Å². The van der Waals surface area contributed by atoms with Crippen LogP contribution in [0.5, 0.6) is 5.75 Å². The highest BCUT2D eigenvalue weighted by molar-refractivity contribution is 6.31. The van der Waals surface area contributed by atoms with Gasteiger partial charge in [-0.05, 0) is 19.1 Å². The zero-order valence-corrected chi connectivity index (χ0v) is 11.2. The third-order valence-electron chi connectivity index (χ3n) is 2.48. The summed E-state index contributed by atoms with van der Waals surface area (Å²) in [6.07, 6.45) is 1.29. The lowest BCUT2D eigenvalue weighted by Gasteiger charge is -2.08. The maximum Gasteiger partial charge on any atom is 0.315 e. The van der Waals surface area contributed by atoms with Gasteiger partial charge in [-0.25, -0.2) is 0 Å². The summed E-state index contributed by atoms with van der Waals surface area (Å²) in [5.41, 5.74) is -0.202. The molecule has 0 saturated heterocycles. The molecule has 20 heavy (non-hydrogen) atoms. The largest absolute Gasteiger partial charge is 0.487 e. The van der Waals surface area contributed by atoms with E-state index in [4.69, 9.17) is 16.3 Å². The third-order valence-corrected chi connectivity index (χ3v) is 2.75. The Morgan fingerprint density at radius 2 is 2.05 bits per heavy atom. The molecule has 0 fully saturated rings. The highest BCUT2D eigenvalue weighted by Crippen LogP contribution is 2.19. The Morgan fingerprint density at radius 1 is 1.40 bits per heavy atom. The van der Waals surface area contributed by atoms with Crippen LogP contribution in [0.2, 0.25) is 5.02 Å². The quantitative estimate of drug-likeness (QED) is 0.637. The minimum Gasteiger partial charge on any atom is -0.487 e. The van der Waals surface area contributed by atoms with E-state index >= 15 is 0 Å². The Bertz CT molecular complexity index is 697. The Hall–Kier alpha value is -2.41. The van der Waals surface area contributed by atoms with Gasteiger partial charge in [0.25, 0.3) is 5.69 Å². The average Bonchev–Trinajstić information content (AvgIpc) is 2.44. The predicted molar refractivity (Wildman–Crippen MR) is 72.7 cm³/mol. The molecule has 7 nitrogen and oxygen atoms in total. The van der Waals surface area contributed by atoms with Gasteiger partial charge >= 0.3 is 5.56 Å². The lowest BCUT2D eigenvalue weighted by molar-refractivity contribution is -0.384. The molecule has 1 heterocycles. The number of nitro benzene ring substituents is 1. The summed E-state index contributed by atoms with van der Waals surface area (Å²) in [7, 11) is 0. The first-order chi connectivity index (χ1) is 9.54. The van der Waals surface area contributed by atoms with Crippen molar-refractivity contribution in [3.8, 4) is 11.4 Å². The van der Waals surface area contributed by atoms with E-state index in [9.17, 15) is 14.9 Å². The normalized spacial score (nSPS) is 10.3. The van der Waals surface area contributed by atoms with E-state index in [2.05, 4.69) is 5.10 Å². The van der Waals surface area contributed by atoms with Crippen LogP contribution in [-0.2, 0) is 0 Å². The van der Waals surface area contributed by atoms with Crippen LogP contribution in [0, 0.1) is 10.1 Å². The molecule has 0 atom stereocenters. The molecule has 0 aliphatic carbocycles. The molecule has 104 valence electrons. The van der Waals surface area contributed by atoms with E-state index in [1.807, 2.05) is 0 Å². The van der Waals surface area contributed by atoms with Crippen molar-refractivity contribution in [1.29, 1.82) is 0 Å². The molecular formula is C12H10ClN3O4. The number of rotatable bonds is 4. The number of hydrogen-bond acceptors (Lipinski definition) is 5. The van der Waals surface area contributed by atoms with Crippen molar-refractivity contribution in [1.82, 2.24) is 9.78 Å². The zero-order valence-electron chi connectivity index (χ0n) is 10.4. The number of nitrogens with zero attached hydrogens (tertiary/aromatic N) is 3. The number of ether oxygens (including phenoxy) is 1. The molecule has 0 spiro atoms. The van der Waals surface area contributed by atoms with Gasteiger partial charge in [-0.3, -0.25) is 14.9 Å². The minimum absolute atomic E-state index is 0.00233. The van der Waals surface area contributed by atoms with Crippen LogP contribution in [-0.4, -0.2) is 21.3 Å². The molecule has 0 N–H and O–H groups in total. The molecule has 0 aliphatic rings. The van der Waals surface area contributed by atoms with E-state index in [1.165, 1.54) is 30.5 Å². The van der Waals surface area contributed by atoms with E-state index in [-0.39, 0.29) is 16.5 Å². The third kappa shape index (κ3) is 2.62. The second kappa shape index (κ2) is 5.70. The van der Waals surface area contributed by atoms with Gasteiger partial charge in [0, 0.05) is 12.1 Å². The van der Waals surface area contributed by atoms with Gasteiger partial charge in [0.1, 0.15) is 5.02 Å². The van der Waals surface area contributed by atoms with Crippen molar-refractivity contribution < 1.29 is 9.66 Å². The monoisotopic (exact) mass is 295 g/mol. The highest BCUT2D eigenvalue weighted by Gasteiger charge is 2.13. The van der Waals surface area contributed by atoms with Crippen molar-refractivity contribution in [2.45, 2.75) is 6.92 Å². The van der Waals surface area contributed by atoms with Crippen LogP contribution in [0.15, 0.2) is 35.3 Å². The van der Waals surface area contributed by atoms with Gasteiger partial charge in [0.2, 0.25) is 5.75 Å². The number of aromatic nitrogens is 2. The van der Waals surface area contributed by atoms with E-state index in [0.717, 1.165) is 4.68 Å². The first-order valence-electron chi connectivity index (χ1n) is 5.70. The molecule has 1 aromatic carbocycles. The second-order valence-electron chi connectivity index (χ2n) is 3.75. The summed E-state index contributed by atoms with van der Waals surface area (Å²) in [4.78, 5) is 22.2. The summed E-state index contributed by atoms with van der Waals surface area (Å²) in [5.74, 6) is 0.00233. The zero-order chi connectivity index (χ0) is 14.7. The summed E-state index contributed by atoms with van der Waals surface area (Å²) in [6.45, 7) is 2.02. The van der Waals surface area contributed by atoms with Crippen LogP contribution in [0.25, 0.3) is 5.69 Å². The van der Waals surface area contributed by atoms with Crippen molar-refractivity contribution in [3.05, 3.63) is 56.0 Å². The summed E-state index contributed by atoms with van der Waals surface area (Å²) < 4.78 is 6.25. The standard InChI is InChI=1S/C12H10ClN3O4/c1-2-20-11-10(13)7-14-15(12(11)17)8-3-5-9(6-4-8)16(18)19/h3-7H,2H2,1H3. The minimum atomic E-state index is -0.520. The highest BCUT2D eigenvalue weighted by atomic mass is 35.5. The van der Waals surface area contributed by atoms with Crippen LogP contribution >= 0.6 is 11.6 Å². The number of hydrogen-bond donors (Lipinski definition) is 0. The molecule has 2 aromatic rings. The number of halogens is 1. The molecule has 0 amide bonds. The summed E-state index contributed by atoms with van der Waals surface area (Å²) >= 11 is 5.84. The Kier molecular flexibility index (Phi) is 3.99. The van der Waals surface area contributed by atoms with Crippen LogP contribution in [0.1, 0.15) is 6.92 Å². The lowest BCUT2D eigenvalue weighted by atomic mass is 10.3. The van der Waals surface area contributed by atoms with Crippen LogP contribution in [0.3, 0.4) is 0 Å². The fourth-order valence-electron chi connectivity index (χ4n) is 1.59. The first kappa shape index (κ1) is 14.0. The predicted octanol–water partition coefficient (Wildman–Crippen LogP) is 2.19. The SMILES string of the molecule is CCOc1c(Cl)cnn(-c2ccc([N+](=O)[O-])cc2)c1=O. The summed E-state index contributed by atoms with van der Waals surface area (Å²) in [6, 6.07) is 5.43. The molecule has 0 aliphatic heterocycles. The fourth-order valence-corrected chi connectivity index (χ4v) is 1.77. The maximum absolute atomic E-state index is 12.2. The maximum atomic E-state index is 12.2. The Morgan fingerprint density at radius 3 is 2.60 bits per heavy atom. The van der Waals surface area contributed by atoms with Crippen molar-refractivity contribution in [2.75, 3.05) is 6.61 Å². The molecule has 0 radical (unpaired) electrons. The topological polar surface area (TPSA) is 87.3 Å². The molecule has 8 heteroatoms. The second-order valence-corrected chi connectivity index (χ2v) is 4.15. The van der Waals surface area contributed by atoms with Crippen LogP contribution in [0.4, 0.5) is 5.69 Å². The first-order valence-corrected chi connectivity index (χ1v) is 6.08. The van der Waals surface area contributed by atoms with Crippen molar-refractivity contribution in [3.63, 3.8) is 0 Å². The average molecular weight is 296 g/mol. The molecule has 2 rings (SSSR count). The Labute approximate surface area is 118 Å². The van der Waals surface area contributed by atoms with Gasteiger partial charge in [-0.2, -0.15) is 9.78 Å². The van der Waals surface area contributed by atoms with E-state index in [0.29, 0.717) is 12.3 Å². The Balaban J connectivity index is 2.50. The lowest BCUT2D eigenvalue weighted by Crippen LogP contribution is -2.23. The molecule has 1 aromatic heterocycles. The van der Waals surface area contributed by atoms with E-state index in [1.54, 1.807) is 6.92 Å². The molecular weight excluding hydrogens is 286 g/mol. The van der Waals surface area contributed by atoms with Crippen molar-refractivity contribution in [2.24, 2.45) is 0 Å². The number of non-ortho nitro benzene ring substituents is 1. The molecule has 0 bridgehead atoms. The van der Waals surface area contributed by atoms with Crippen molar-refractivity contribution >= 4 is 17.3 Å². The van der Waals surface area contributed by atoms with Gasteiger partial charge < -0.3 is 4.74 Å². The summed E-state index contributed by atoms with van der Waals surface area (Å²) in [5, 5.41) is 14.6.